The number of rotatable bonds is 3. The molecule has 0 saturated carbocycles. The summed E-state index contributed by atoms with van der Waals surface area (Å²) in [6.45, 7) is 9.17. The van der Waals surface area contributed by atoms with Gasteiger partial charge >= 0.3 is 6.09 Å². The van der Waals surface area contributed by atoms with E-state index in [1.54, 1.807) is 26.8 Å². The van der Waals surface area contributed by atoms with E-state index in [0.717, 1.165) is 0 Å². The summed E-state index contributed by atoms with van der Waals surface area (Å²) in [7, 11) is 0. The molecule has 0 radical (unpaired) electrons. The zero-order chi connectivity index (χ0) is 13.9. The summed E-state index contributed by atoms with van der Waals surface area (Å²) in [5, 5.41) is 10.4. The minimum Gasteiger partial charge on any atom is -0.442 e. The van der Waals surface area contributed by atoms with Crippen LogP contribution in [0.2, 0.25) is 0 Å². The Morgan fingerprint density at radius 3 is 2.50 bits per heavy atom. The third-order valence-electron chi connectivity index (χ3n) is 2.36. The quantitative estimate of drug-likeness (QED) is 0.480. The lowest BCUT2D eigenvalue weighted by atomic mass is 10.2. The minimum atomic E-state index is -0.734. The van der Waals surface area contributed by atoms with Gasteiger partial charge in [0, 0.05) is 6.42 Å². The fraction of sp³-hybridized carbons (Fsp3) is 0.769. The molecule has 0 unspecified atom stereocenters. The Morgan fingerprint density at radius 1 is 1.39 bits per heavy atom. The van der Waals surface area contributed by atoms with Gasteiger partial charge < -0.3 is 9.47 Å². The summed E-state index contributed by atoms with van der Waals surface area (Å²) in [6, 6.07) is -0.386. The van der Waals surface area contributed by atoms with Gasteiger partial charge in [0.15, 0.2) is 0 Å². The van der Waals surface area contributed by atoms with Crippen LogP contribution in [-0.2, 0) is 9.47 Å². The average molecular weight is 257 g/mol. The van der Waals surface area contributed by atoms with Crippen molar-refractivity contribution >= 4 is 6.09 Å². The van der Waals surface area contributed by atoms with Gasteiger partial charge in [-0.15, -0.1) is 0 Å². The highest BCUT2D eigenvalue weighted by atomic mass is 16.6. The zero-order valence-electron chi connectivity index (χ0n) is 11.7. The average Bonchev–Trinajstić information content (AvgIpc) is 2.61. The van der Waals surface area contributed by atoms with Crippen LogP contribution in [0.4, 0.5) is 4.79 Å². The van der Waals surface area contributed by atoms with Crippen LogP contribution in [0.5, 0.6) is 0 Å². The Balaban J connectivity index is 2.48. The number of carbonyl (C=O) groups excluding carboxylic acids is 1. The molecular weight excluding hydrogens is 234 g/mol. The second-order valence-corrected chi connectivity index (χ2v) is 5.74. The van der Waals surface area contributed by atoms with E-state index in [2.05, 4.69) is 0 Å². The molecule has 0 fully saturated rings. The molecule has 18 heavy (non-hydrogen) atoms. The largest absolute Gasteiger partial charge is 0.442 e. The van der Waals surface area contributed by atoms with E-state index < -0.39 is 11.7 Å². The molecule has 5 heteroatoms. The summed E-state index contributed by atoms with van der Waals surface area (Å²) in [4.78, 5) is 11.7. The SMILES string of the molecule is CC(C)O[C@H]1C=C[C@H](N(O)C(=O)OC(C)(C)C)C1. The van der Waals surface area contributed by atoms with Crippen molar-refractivity contribution in [2.75, 3.05) is 0 Å². The molecule has 0 bridgehead atoms. The van der Waals surface area contributed by atoms with Crippen molar-refractivity contribution in [3.63, 3.8) is 0 Å². The van der Waals surface area contributed by atoms with Crippen molar-refractivity contribution < 1.29 is 19.5 Å². The highest BCUT2D eigenvalue weighted by Gasteiger charge is 2.30. The van der Waals surface area contributed by atoms with Crippen LogP contribution in [-0.4, -0.2) is 40.2 Å². The van der Waals surface area contributed by atoms with Gasteiger partial charge in [0.25, 0.3) is 0 Å². The Morgan fingerprint density at radius 2 is 2.00 bits per heavy atom. The van der Waals surface area contributed by atoms with Gasteiger partial charge in [-0.25, -0.2) is 4.79 Å². The van der Waals surface area contributed by atoms with Crippen molar-refractivity contribution in [1.29, 1.82) is 0 Å². The lowest BCUT2D eigenvalue weighted by Gasteiger charge is -2.26. The van der Waals surface area contributed by atoms with Crippen molar-refractivity contribution in [1.82, 2.24) is 5.06 Å². The van der Waals surface area contributed by atoms with Crippen LogP contribution in [0, 0.1) is 0 Å². The predicted octanol–water partition coefficient (Wildman–Crippen LogP) is 2.73. The summed E-state index contributed by atoms with van der Waals surface area (Å²) >= 11 is 0. The molecule has 1 N–H and O–H groups in total. The highest BCUT2D eigenvalue weighted by Crippen LogP contribution is 2.21. The van der Waals surface area contributed by atoms with Gasteiger partial charge in [-0.1, -0.05) is 12.2 Å². The predicted molar refractivity (Wildman–Crippen MR) is 67.4 cm³/mol. The fourth-order valence-corrected chi connectivity index (χ4v) is 1.72. The highest BCUT2D eigenvalue weighted by molar-refractivity contribution is 5.67. The number of hydrogen-bond donors (Lipinski definition) is 1. The van der Waals surface area contributed by atoms with E-state index in [9.17, 15) is 10.0 Å². The van der Waals surface area contributed by atoms with Gasteiger partial charge in [0.1, 0.15) is 5.60 Å². The number of carbonyl (C=O) groups is 1. The Labute approximate surface area is 108 Å². The molecular formula is C13H23NO4. The Hall–Kier alpha value is -1.07. The summed E-state index contributed by atoms with van der Waals surface area (Å²) in [5.74, 6) is 0. The summed E-state index contributed by atoms with van der Waals surface area (Å²) in [5.41, 5.74) is -0.617. The zero-order valence-corrected chi connectivity index (χ0v) is 11.7. The third kappa shape index (κ3) is 4.66. The number of ether oxygens (including phenoxy) is 2. The van der Waals surface area contributed by atoms with Gasteiger partial charge in [0.05, 0.1) is 18.2 Å². The van der Waals surface area contributed by atoms with Crippen molar-refractivity contribution in [3.8, 4) is 0 Å². The smallest absolute Gasteiger partial charge is 0.434 e. The van der Waals surface area contributed by atoms with E-state index in [1.165, 1.54) is 0 Å². The van der Waals surface area contributed by atoms with Crippen molar-refractivity contribution in [3.05, 3.63) is 12.2 Å². The Kier molecular flexibility index (Phi) is 4.76. The molecule has 0 saturated heterocycles. The van der Waals surface area contributed by atoms with Gasteiger partial charge in [-0.3, -0.25) is 5.21 Å². The lowest BCUT2D eigenvalue weighted by Crippen LogP contribution is -2.40. The van der Waals surface area contributed by atoms with Crippen molar-refractivity contribution in [2.45, 2.75) is 64.9 Å². The van der Waals surface area contributed by atoms with Crippen LogP contribution < -0.4 is 0 Å². The Bertz CT molecular complexity index is 319. The van der Waals surface area contributed by atoms with Gasteiger partial charge in [-0.2, -0.15) is 5.06 Å². The molecule has 0 aromatic carbocycles. The number of amides is 1. The minimum absolute atomic E-state index is 0.0629. The fourth-order valence-electron chi connectivity index (χ4n) is 1.72. The molecule has 0 aromatic rings. The monoisotopic (exact) mass is 257 g/mol. The number of hydrogen-bond acceptors (Lipinski definition) is 4. The summed E-state index contributed by atoms with van der Waals surface area (Å²) in [6.07, 6.45) is 3.49. The maximum atomic E-state index is 11.7. The lowest BCUT2D eigenvalue weighted by molar-refractivity contribution is -0.115. The standard InChI is InChI=1S/C13H23NO4/c1-9(2)17-11-7-6-10(8-11)14(16)12(15)18-13(3,4)5/h6-7,9-11,16H,8H2,1-5H3/t10-,11-/m0/s1. The third-order valence-corrected chi connectivity index (χ3v) is 2.36. The molecule has 0 aromatic heterocycles. The molecule has 0 aliphatic heterocycles. The van der Waals surface area contributed by atoms with Crippen LogP contribution >= 0.6 is 0 Å². The molecule has 1 amide bonds. The molecule has 2 atom stereocenters. The molecule has 1 aliphatic carbocycles. The topological polar surface area (TPSA) is 59.0 Å². The first-order valence-corrected chi connectivity index (χ1v) is 6.24. The maximum absolute atomic E-state index is 11.7. The van der Waals surface area contributed by atoms with Gasteiger partial charge in [0.2, 0.25) is 0 Å². The number of hydroxylamine groups is 2. The van der Waals surface area contributed by atoms with Crippen LogP contribution in [0.1, 0.15) is 41.0 Å². The molecule has 0 spiro atoms. The van der Waals surface area contributed by atoms with E-state index >= 15 is 0 Å². The molecule has 0 heterocycles. The molecule has 5 nitrogen and oxygen atoms in total. The van der Waals surface area contributed by atoms with E-state index in [4.69, 9.17) is 9.47 Å². The molecule has 104 valence electrons. The number of nitrogens with zero attached hydrogens (tertiary/aromatic N) is 1. The van der Waals surface area contributed by atoms with E-state index in [1.807, 2.05) is 19.9 Å². The molecule has 1 rings (SSSR count). The molecule has 1 aliphatic rings. The first-order chi connectivity index (χ1) is 8.19. The summed E-state index contributed by atoms with van der Waals surface area (Å²) < 4.78 is 10.7. The van der Waals surface area contributed by atoms with E-state index in [0.29, 0.717) is 11.5 Å². The maximum Gasteiger partial charge on any atom is 0.434 e. The first kappa shape index (κ1) is 15.0. The normalized spacial score (nSPS) is 23.5. The second-order valence-electron chi connectivity index (χ2n) is 5.74. The van der Waals surface area contributed by atoms with E-state index in [-0.39, 0.29) is 18.2 Å². The van der Waals surface area contributed by atoms with Crippen molar-refractivity contribution in [2.24, 2.45) is 0 Å². The van der Waals surface area contributed by atoms with Crippen LogP contribution in [0.25, 0.3) is 0 Å². The van der Waals surface area contributed by atoms with Gasteiger partial charge in [-0.05, 0) is 34.6 Å². The van der Waals surface area contributed by atoms with Crippen LogP contribution in [0.3, 0.4) is 0 Å². The second kappa shape index (κ2) is 5.71. The first-order valence-electron chi connectivity index (χ1n) is 6.24. The van der Waals surface area contributed by atoms with Crippen LogP contribution in [0.15, 0.2) is 12.2 Å².